The van der Waals surface area contributed by atoms with Crippen LogP contribution in [0.15, 0.2) is 18.2 Å². The minimum Gasteiger partial charge on any atom is -0.393 e. The number of ether oxygens (including phenoxy) is 1. The van der Waals surface area contributed by atoms with Gasteiger partial charge in [-0.05, 0) is 56.2 Å². The van der Waals surface area contributed by atoms with Gasteiger partial charge in [-0.1, -0.05) is 18.2 Å². The molecule has 1 aromatic carbocycles. The Morgan fingerprint density at radius 2 is 2.05 bits per heavy atom. The minimum atomic E-state index is -1.30. The summed E-state index contributed by atoms with van der Waals surface area (Å²) in [6.07, 6.45) is 1.59. The zero-order valence-corrected chi connectivity index (χ0v) is 11.9. The maximum absolute atomic E-state index is 13.8. The van der Waals surface area contributed by atoms with E-state index < -0.39 is 5.67 Å². The second-order valence-electron chi connectivity index (χ2n) is 6.12. The highest BCUT2D eigenvalue weighted by molar-refractivity contribution is 5.33. The van der Waals surface area contributed by atoms with Crippen molar-refractivity contribution in [2.75, 3.05) is 6.61 Å². The highest BCUT2D eigenvalue weighted by Gasteiger charge is 2.27. The first-order valence-electron chi connectivity index (χ1n) is 6.91. The molecule has 106 valence electrons. The summed E-state index contributed by atoms with van der Waals surface area (Å²) in [5, 5.41) is 9.19. The Balaban J connectivity index is 1.87. The molecule has 0 aliphatic heterocycles. The van der Waals surface area contributed by atoms with Crippen molar-refractivity contribution in [3.05, 3.63) is 34.9 Å². The molecule has 0 atom stereocenters. The van der Waals surface area contributed by atoms with Crippen LogP contribution in [0.5, 0.6) is 0 Å². The Kier molecular flexibility index (Phi) is 4.26. The molecule has 0 spiro atoms. The quantitative estimate of drug-likeness (QED) is 0.884. The lowest BCUT2D eigenvalue weighted by atomic mass is 9.83. The minimum absolute atomic E-state index is 0.124. The molecule has 1 fully saturated rings. The second kappa shape index (κ2) is 5.59. The van der Waals surface area contributed by atoms with E-state index >= 15 is 0 Å². The maximum atomic E-state index is 13.8. The average molecular weight is 266 g/mol. The van der Waals surface area contributed by atoms with Crippen molar-refractivity contribution < 1.29 is 14.2 Å². The number of benzene rings is 1. The zero-order valence-electron chi connectivity index (χ0n) is 11.9. The van der Waals surface area contributed by atoms with Crippen LogP contribution in [0.2, 0.25) is 0 Å². The van der Waals surface area contributed by atoms with Crippen LogP contribution in [0.3, 0.4) is 0 Å². The number of alkyl halides is 1. The third kappa shape index (κ3) is 3.77. The van der Waals surface area contributed by atoms with E-state index in [1.807, 2.05) is 25.1 Å². The topological polar surface area (TPSA) is 29.5 Å². The van der Waals surface area contributed by atoms with Crippen molar-refractivity contribution in [3.8, 4) is 0 Å². The monoisotopic (exact) mass is 266 g/mol. The van der Waals surface area contributed by atoms with Crippen molar-refractivity contribution in [1.82, 2.24) is 0 Å². The van der Waals surface area contributed by atoms with Crippen LogP contribution in [0, 0.1) is 12.8 Å². The third-order valence-electron chi connectivity index (χ3n) is 3.85. The molecular weight excluding hydrogens is 243 g/mol. The van der Waals surface area contributed by atoms with Crippen LogP contribution in [0.25, 0.3) is 0 Å². The summed E-state index contributed by atoms with van der Waals surface area (Å²) in [5.74, 6) is 0.499. The van der Waals surface area contributed by atoms with Crippen LogP contribution in [0.1, 0.15) is 43.4 Å². The average Bonchev–Trinajstić information content (AvgIpc) is 2.27. The summed E-state index contributed by atoms with van der Waals surface area (Å²) in [6.45, 7) is 6.39. The largest absolute Gasteiger partial charge is 0.393 e. The maximum Gasteiger partial charge on any atom is 0.130 e. The van der Waals surface area contributed by atoms with E-state index in [1.165, 1.54) is 0 Å². The van der Waals surface area contributed by atoms with Crippen molar-refractivity contribution in [2.45, 2.75) is 52.0 Å². The molecular formula is C16H23FO2. The third-order valence-corrected chi connectivity index (χ3v) is 3.85. The van der Waals surface area contributed by atoms with E-state index in [0.717, 1.165) is 24.0 Å². The van der Waals surface area contributed by atoms with Crippen molar-refractivity contribution in [2.24, 2.45) is 5.92 Å². The van der Waals surface area contributed by atoms with Gasteiger partial charge < -0.3 is 9.84 Å². The number of aliphatic hydroxyl groups excluding tert-OH is 1. The molecule has 0 aromatic heterocycles. The number of rotatable bonds is 5. The molecule has 1 aliphatic rings. The number of hydrogen-bond acceptors (Lipinski definition) is 2. The fraction of sp³-hybridized carbons (Fsp3) is 0.625. The van der Waals surface area contributed by atoms with E-state index in [2.05, 4.69) is 0 Å². The Hall–Kier alpha value is -0.930. The Morgan fingerprint density at radius 3 is 2.58 bits per heavy atom. The number of aliphatic hydroxyl groups is 1. The SMILES string of the molecule is Cc1cc(C(C)(C)F)ccc1COCC1CC(O)C1. The van der Waals surface area contributed by atoms with Gasteiger partial charge in [-0.25, -0.2) is 4.39 Å². The zero-order chi connectivity index (χ0) is 14.0. The van der Waals surface area contributed by atoms with E-state index in [0.29, 0.717) is 24.7 Å². The second-order valence-corrected chi connectivity index (χ2v) is 6.12. The molecule has 2 nitrogen and oxygen atoms in total. The molecule has 0 heterocycles. The first-order chi connectivity index (χ1) is 8.86. The van der Waals surface area contributed by atoms with E-state index in [9.17, 15) is 9.50 Å². The highest BCUT2D eigenvalue weighted by atomic mass is 19.1. The summed E-state index contributed by atoms with van der Waals surface area (Å²) in [6, 6.07) is 5.67. The molecule has 0 radical (unpaired) electrons. The fourth-order valence-electron chi connectivity index (χ4n) is 2.40. The molecule has 2 rings (SSSR count). The lowest BCUT2D eigenvalue weighted by Crippen LogP contribution is -2.31. The summed E-state index contributed by atoms with van der Waals surface area (Å²) >= 11 is 0. The normalized spacial score (nSPS) is 23.2. The predicted molar refractivity (Wildman–Crippen MR) is 73.7 cm³/mol. The van der Waals surface area contributed by atoms with Crippen LogP contribution in [-0.2, 0) is 17.0 Å². The standard InChI is InChI=1S/C16H23FO2/c1-11-6-14(16(2,3)17)5-4-13(11)10-19-9-12-7-15(18)8-12/h4-6,12,15,18H,7-10H2,1-3H3. The molecule has 0 unspecified atom stereocenters. The molecule has 0 saturated heterocycles. The number of hydrogen-bond donors (Lipinski definition) is 1. The van der Waals surface area contributed by atoms with Gasteiger partial charge in [0, 0.05) is 0 Å². The predicted octanol–water partition coefficient (Wildman–Crippen LogP) is 3.49. The number of halogens is 1. The van der Waals surface area contributed by atoms with Gasteiger partial charge in [0.2, 0.25) is 0 Å². The molecule has 1 aromatic rings. The molecule has 0 bridgehead atoms. The molecule has 1 saturated carbocycles. The van der Waals surface area contributed by atoms with Gasteiger partial charge in [-0.15, -0.1) is 0 Å². The summed E-state index contributed by atoms with van der Waals surface area (Å²) in [4.78, 5) is 0. The molecule has 1 aliphatic carbocycles. The van der Waals surface area contributed by atoms with Gasteiger partial charge in [-0.2, -0.15) is 0 Å². The van der Waals surface area contributed by atoms with Gasteiger partial charge in [0.15, 0.2) is 0 Å². The lowest BCUT2D eigenvalue weighted by Gasteiger charge is -2.31. The Labute approximate surface area is 114 Å². The van der Waals surface area contributed by atoms with Gasteiger partial charge in [0.1, 0.15) is 5.67 Å². The molecule has 1 N–H and O–H groups in total. The van der Waals surface area contributed by atoms with Crippen molar-refractivity contribution in [3.63, 3.8) is 0 Å². The van der Waals surface area contributed by atoms with Gasteiger partial charge in [0.25, 0.3) is 0 Å². The van der Waals surface area contributed by atoms with Gasteiger partial charge >= 0.3 is 0 Å². The van der Waals surface area contributed by atoms with Gasteiger partial charge in [0.05, 0.1) is 19.3 Å². The number of aryl methyl sites for hydroxylation is 1. The van der Waals surface area contributed by atoms with Crippen LogP contribution >= 0.6 is 0 Å². The smallest absolute Gasteiger partial charge is 0.130 e. The van der Waals surface area contributed by atoms with Crippen molar-refractivity contribution >= 4 is 0 Å². The van der Waals surface area contributed by atoms with Crippen molar-refractivity contribution in [1.29, 1.82) is 0 Å². The van der Waals surface area contributed by atoms with Crippen LogP contribution < -0.4 is 0 Å². The molecule has 0 amide bonds. The summed E-state index contributed by atoms with van der Waals surface area (Å²) in [7, 11) is 0. The van der Waals surface area contributed by atoms with Crippen LogP contribution in [-0.4, -0.2) is 17.8 Å². The molecule has 3 heteroatoms. The summed E-state index contributed by atoms with van der Waals surface area (Å²) < 4.78 is 19.5. The van der Waals surface area contributed by atoms with E-state index in [4.69, 9.17) is 4.74 Å². The Morgan fingerprint density at radius 1 is 1.37 bits per heavy atom. The highest BCUT2D eigenvalue weighted by Crippen LogP contribution is 2.28. The summed E-state index contributed by atoms with van der Waals surface area (Å²) in [5.41, 5.74) is 1.58. The van der Waals surface area contributed by atoms with E-state index in [1.54, 1.807) is 13.8 Å². The van der Waals surface area contributed by atoms with Gasteiger partial charge in [-0.3, -0.25) is 0 Å². The first kappa shape index (κ1) is 14.5. The van der Waals surface area contributed by atoms with Crippen LogP contribution in [0.4, 0.5) is 4.39 Å². The van der Waals surface area contributed by atoms with E-state index in [-0.39, 0.29) is 6.10 Å². The molecule has 19 heavy (non-hydrogen) atoms. The fourth-order valence-corrected chi connectivity index (χ4v) is 2.40. The lowest BCUT2D eigenvalue weighted by molar-refractivity contribution is -0.0146. The first-order valence-corrected chi connectivity index (χ1v) is 6.91. The Bertz CT molecular complexity index is 431.